The van der Waals surface area contributed by atoms with Crippen LogP contribution in [0.25, 0.3) is 0 Å². The van der Waals surface area contributed by atoms with Crippen LogP contribution < -0.4 is 5.32 Å². The molecule has 104 valence electrons. The van der Waals surface area contributed by atoms with E-state index in [1.807, 2.05) is 11.8 Å². The molecule has 1 saturated heterocycles. The summed E-state index contributed by atoms with van der Waals surface area (Å²) in [4.78, 5) is 14.2. The molecule has 1 aromatic rings. The molecule has 1 aliphatic heterocycles. The van der Waals surface area contributed by atoms with Crippen LogP contribution in [0.3, 0.4) is 0 Å². The minimum atomic E-state index is -0.0931. The molecule has 0 bridgehead atoms. The van der Waals surface area contributed by atoms with Crippen LogP contribution in [0.5, 0.6) is 0 Å². The Morgan fingerprint density at radius 2 is 2.00 bits per heavy atom. The summed E-state index contributed by atoms with van der Waals surface area (Å²) < 4.78 is 0. The van der Waals surface area contributed by atoms with Crippen LogP contribution in [0, 0.1) is 19.8 Å². The topological polar surface area (TPSA) is 32.3 Å². The molecular weight excluding hydrogens is 236 g/mol. The summed E-state index contributed by atoms with van der Waals surface area (Å²) in [6, 6.07) is 6.34. The number of hydrogen-bond acceptors (Lipinski definition) is 2. The van der Waals surface area contributed by atoms with E-state index in [-0.39, 0.29) is 18.1 Å². The van der Waals surface area contributed by atoms with Crippen LogP contribution in [-0.2, 0) is 4.79 Å². The van der Waals surface area contributed by atoms with Crippen LogP contribution >= 0.6 is 0 Å². The number of rotatable bonds is 3. The fourth-order valence-corrected chi connectivity index (χ4v) is 2.75. The van der Waals surface area contributed by atoms with Crippen molar-refractivity contribution in [3.05, 3.63) is 34.9 Å². The second kappa shape index (κ2) is 5.33. The molecule has 2 rings (SSSR count). The number of carbonyl (C=O) groups excluding carboxylic acids is 1. The quantitative estimate of drug-likeness (QED) is 0.906. The number of amides is 1. The number of aryl methyl sites for hydroxylation is 2. The molecule has 2 unspecified atom stereocenters. The maximum Gasteiger partial charge on any atom is 0.241 e. The molecule has 0 saturated carbocycles. The Kier molecular flexibility index (Phi) is 3.95. The van der Waals surface area contributed by atoms with Gasteiger partial charge in [0, 0.05) is 6.54 Å². The lowest BCUT2D eigenvalue weighted by Crippen LogP contribution is -2.34. The maximum absolute atomic E-state index is 12.3. The van der Waals surface area contributed by atoms with Crippen molar-refractivity contribution in [1.82, 2.24) is 10.2 Å². The van der Waals surface area contributed by atoms with Gasteiger partial charge in [-0.2, -0.15) is 0 Å². The first-order chi connectivity index (χ1) is 8.90. The molecule has 1 N–H and O–H groups in total. The first kappa shape index (κ1) is 14.1. The molecule has 0 radical (unpaired) electrons. The van der Waals surface area contributed by atoms with Crippen molar-refractivity contribution in [2.24, 2.45) is 5.92 Å². The van der Waals surface area contributed by atoms with E-state index in [0.29, 0.717) is 5.92 Å². The summed E-state index contributed by atoms with van der Waals surface area (Å²) >= 11 is 0. The van der Waals surface area contributed by atoms with Gasteiger partial charge in [-0.05, 0) is 37.8 Å². The molecule has 1 aliphatic rings. The SMILES string of the molecule is Cc1ccc(C2NC(C)C(=O)N2CC(C)C)c(C)c1. The summed E-state index contributed by atoms with van der Waals surface area (Å²) in [6.07, 6.45) is 0.0190. The average molecular weight is 260 g/mol. The first-order valence-electron chi connectivity index (χ1n) is 7.04. The van der Waals surface area contributed by atoms with Gasteiger partial charge in [0.05, 0.1) is 6.04 Å². The van der Waals surface area contributed by atoms with Gasteiger partial charge in [-0.3, -0.25) is 10.1 Å². The van der Waals surface area contributed by atoms with Crippen molar-refractivity contribution >= 4 is 5.91 Å². The fourth-order valence-electron chi connectivity index (χ4n) is 2.75. The van der Waals surface area contributed by atoms with Gasteiger partial charge >= 0.3 is 0 Å². The third-order valence-electron chi connectivity index (χ3n) is 3.65. The number of nitrogens with zero attached hydrogens (tertiary/aromatic N) is 1. The van der Waals surface area contributed by atoms with E-state index in [9.17, 15) is 4.79 Å². The average Bonchev–Trinajstić information content (AvgIpc) is 2.57. The molecule has 0 aromatic heterocycles. The summed E-state index contributed by atoms with van der Waals surface area (Å²) in [5.41, 5.74) is 3.71. The Hall–Kier alpha value is -1.35. The van der Waals surface area contributed by atoms with E-state index in [4.69, 9.17) is 0 Å². The summed E-state index contributed by atoms with van der Waals surface area (Å²) in [5.74, 6) is 0.683. The van der Waals surface area contributed by atoms with E-state index in [1.165, 1.54) is 16.7 Å². The Balaban J connectivity index is 2.33. The molecule has 1 aromatic carbocycles. The lowest BCUT2D eigenvalue weighted by atomic mass is 10.0. The smallest absolute Gasteiger partial charge is 0.241 e. The second-order valence-corrected chi connectivity index (χ2v) is 6.04. The van der Waals surface area contributed by atoms with Gasteiger partial charge in [-0.25, -0.2) is 0 Å². The Morgan fingerprint density at radius 1 is 1.32 bits per heavy atom. The molecule has 0 aliphatic carbocycles. The summed E-state index contributed by atoms with van der Waals surface area (Å²) in [7, 11) is 0. The van der Waals surface area contributed by atoms with E-state index in [0.717, 1.165) is 6.54 Å². The molecule has 3 nitrogen and oxygen atoms in total. The normalized spacial score (nSPS) is 23.5. The predicted octanol–water partition coefficient (Wildman–Crippen LogP) is 2.78. The van der Waals surface area contributed by atoms with Gasteiger partial charge in [-0.1, -0.05) is 37.6 Å². The Bertz CT molecular complexity index is 482. The first-order valence-corrected chi connectivity index (χ1v) is 7.04. The van der Waals surface area contributed by atoms with Crippen LogP contribution in [0.1, 0.15) is 43.6 Å². The van der Waals surface area contributed by atoms with E-state index < -0.39 is 0 Å². The minimum Gasteiger partial charge on any atom is -0.321 e. The number of carbonyl (C=O) groups is 1. The number of hydrogen-bond donors (Lipinski definition) is 1. The lowest BCUT2D eigenvalue weighted by Gasteiger charge is -2.27. The standard InChI is InChI=1S/C16H24N2O/c1-10(2)9-18-15(17-13(5)16(18)19)14-7-6-11(3)8-12(14)4/h6-8,10,13,15,17H,9H2,1-5H3. The van der Waals surface area contributed by atoms with Crippen molar-refractivity contribution in [1.29, 1.82) is 0 Å². The highest BCUT2D eigenvalue weighted by molar-refractivity contribution is 5.84. The van der Waals surface area contributed by atoms with Crippen molar-refractivity contribution in [3.8, 4) is 0 Å². The molecule has 1 amide bonds. The Morgan fingerprint density at radius 3 is 2.58 bits per heavy atom. The van der Waals surface area contributed by atoms with Crippen molar-refractivity contribution < 1.29 is 4.79 Å². The third-order valence-corrected chi connectivity index (χ3v) is 3.65. The lowest BCUT2D eigenvalue weighted by molar-refractivity contribution is -0.130. The van der Waals surface area contributed by atoms with Gasteiger partial charge in [0.2, 0.25) is 5.91 Å². The van der Waals surface area contributed by atoms with Crippen LogP contribution in [0.4, 0.5) is 0 Å². The van der Waals surface area contributed by atoms with Gasteiger partial charge in [0.1, 0.15) is 6.17 Å². The molecule has 1 fully saturated rings. The highest BCUT2D eigenvalue weighted by Gasteiger charge is 2.37. The molecule has 2 atom stereocenters. The summed E-state index contributed by atoms with van der Waals surface area (Å²) in [5, 5.41) is 3.41. The van der Waals surface area contributed by atoms with Gasteiger partial charge in [-0.15, -0.1) is 0 Å². The van der Waals surface area contributed by atoms with Gasteiger partial charge in [0.15, 0.2) is 0 Å². The number of nitrogens with one attached hydrogen (secondary N) is 1. The molecular formula is C16H24N2O. The fraction of sp³-hybridized carbons (Fsp3) is 0.562. The van der Waals surface area contributed by atoms with Gasteiger partial charge in [0.25, 0.3) is 0 Å². The van der Waals surface area contributed by atoms with Crippen molar-refractivity contribution in [3.63, 3.8) is 0 Å². The van der Waals surface area contributed by atoms with Crippen molar-refractivity contribution in [2.75, 3.05) is 6.54 Å². The zero-order valence-corrected chi connectivity index (χ0v) is 12.5. The van der Waals surface area contributed by atoms with Gasteiger partial charge < -0.3 is 4.90 Å². The summed E-state index contributed by atoms with van der Waals surface area (Å²) in [6.45, 7) is 11.3. The molecule has 3 heteroatoms. The molecule has 0 spiro atoms. The highest BCUT2D eigenvalue weighted by Crippen LogP contribution is 2.28. The largest absolute Gasteiger partial charge is 0.321 e. The molecule has 19 heavy (non-hydrogen) atoms. The van der Waals surface area contributed by atoms with E-state index in [1.54, 1.807) is 0 Å². The highest BCUT2D eigenvalue weighted by atomic mass is 16.2. The minimum absolute atomic E-state index is 0.0190. The van der Waals surface area contributed by atoms with Crippen LogP contribution in [0.15, 0.2) is 18.2 Å². The Labute approximate surface area is 116 Å². The zero-order valence-electron chi connectivity index (χ0n) is 12.5. The zero-order chi connectivity index (χ0) is 14.2. The number of benzene rings is 1. The van der Waals surface area contributed by atoms with E-state index >= 15 is 0 Å². The monoisotopic (exact) mass is 260 g/mol. The predicted molar refractivity (Wildman–Crippen MR) is 77.8 cm³/mol. The third kappa shape index (κ3) is 2.81. The van der Waals surface area contributed by atoms with E-state index in [2.05, 4.69) is 51.2 Å². The van der Waals surface area contributed by atoms with Crippen LogP contribution in [0.2, 0.25) is 0 Å². The van der Waals surface area contributed by atoms with Crippen LogP contribution in [-0.4, -0.2) is 23.4 Å². The molecule has 1 heterocycles. The second-order valence-electron chi connectivity index (χ2n) is 6.04. The van der Waals surface area contributed by atoms with Crippen molar-refractivity contribution in [2.45, 2.75) is 46.8 Å². The maximum atomic E-state index is 12.3.